The molecule has 33 heavy (non-hydrogen) atoms. The van der Waals surface area contributed by atoms with Crippen molar-refractivity contribution in [3.8, 4) is 11.5 Å². The number of hydrogen-bond acceptors (Lipinski definition) is 7. The second-order valence-corrected chi connectivity index (χ2v) is 7.02. The van der Waals surface area contributed by atoms with Crippen LogP contribution < -0.4 is 19.7 Å². The number of alkyl halides is 3. The minimum absolute atomic E-state index is 0.0216. The second-order valence-electron chi connectivity index (χ2n) is 7.02. The number of halogens is 3. The maximum absolute atomic E-state index is 13.2. The SMILES string of the molecule is COC(=O)c1ccc(OCC(=O)Nc2cc(C(F)(F)F)ccc2N2CCOCC2)c(OC)c1. The number of methoxy groups -OCH3 is 2. The van der Waals surface area contributed by atoms with Crippen LogP contribution in [0.3, 0.4) is 0 Å². The number of anilines is 2. The molecule has 0 aromatic heterocycles. The molecule has 178 valence electrons. The highest BCUT2D eigenvalue weighted by atomic mass is 19.4. The lowest BCUT2D eigenvalue weighted by Gasteiger charge is -2.31. The van der Waals surface area contributed by atoms with Gasteiger partial charge in [-0.2, -0.15) is 13.2 Å². The van der Waals surface area contributed by atoms with Crippen LogP contribution in [0.15, 0.2) is 36.4 Å². The molecule has 0 spiro atoms. The summed E-state index contributed by atoms with van der Waals surface area (Å²) in [6.07, 6.45) is -4.56. The third kappa shape index (κ3) is 6.07. The predicted octanol–water partition coefficient (Wildman–Crippen LogP) is 3.35. The Labute approximate surface area is 188 Å². The maximum atomic E-state index is 13.2. The first-order valence-electron chi connectivity index (χ1n) is 9.96. The van der Waals surface area contributed by atoms with E-state index in [1.807, 2.05) is 4.90 Å². The molecule has 1 fully saturated rings. The van der Waals surface area contributed by atoms with E-state index in [1.54, 1.807) is 0 Å². The average Bonchev–Trinajstić information content (AvgIpc) is 2.82. The van der Waals surface area contributed by atoms with Gasteiger partial charge >= 0.3 is 12.1 Å². The summed E-state index contributed by atoms with van der Waals surface area (Å²) < 4.78 is 60.3. The topological polar surface area (TPSA) is 86.3 Å². The summed E-state index contributed by atoms with van der Waals surface area (Å²) in [5, 5.41) is 2.51. The van der Waals surface area contributed by atoms with Crippen LogP contribution in [0.4, 0.5) is 24.5 Å². The van der Waals surface area contributed by atoms with Crippen LogP contribution in [-0.2, 0) is 20.4 Å². The summed E-state index contributed by atoms with van der Waals surface area (Å²) in [6.45, 7) is 1.33. The van der Waals surface area contributed by atoms with Crippen molar-refractivity contribution in [2.45, 2.75) is 6.18 Å². The molecule has 3 rings (SSSR count). The number of carbonyl (C=O) groups excluding carboxylic acids is 2. The second kappa shape index (κ2) is 10.4. The van der Waals surface area contributed by atoms with Crippen molar-refractivity contribution in [1.29, 1.82) is 0 Å². The minimum Gasteiger partial charge on any atom is -0.493 e. The van der Waals surface area contributed by atoms with E-state index >= 15 is 0 Å². The van der Waals surface area contributed by atoms with E-state index < -0.39 is 30.2 Å². The van der Waals surface area contributed by atoms with Crippen molar-refractivity contribution >= 4 is 23.3 Å². The lowest BCUT2D eigenvalue weighted by atomic mass is 10.1. The number of benzene rings is 2. The Balaban J connectivity index is 1.76. The zero-order chi connectivity index (χ0) is 24.0. The van der Waals surface area contributed by atoms with Crippen molar-refractivity contribution < 1.29 is 41.7 Å². The van der Waals surface area contributed by atoms with Crippen molar-refractivity contribution in [2.75, 3.05) is 57.3 Å². The fourth-order valence-corrected chi connectivity index (χ4v) is 3.25. The molecule has 0 aliphatic carbocycles. The zero-order valence-electron chi connectivity index (χ0n) is 18.0. The molecular formula is C22H23F3N2O6. The number of esters is 1. The highest BCUT2D eigenvalue weighted by molar-refractivity contribution is 5.95. The Bertz CT molecular complexity index is 1010. The third-order valence-corrected chi connectivity index (χ3v) is 4.89. The summed E-state index contributed by atoms with van der Waals surface area (Å²) in [4.78, 5) is 26.0. The Hall–Kier alpha value is -3.47. The molecule has 0 bridgehead atoms. The molecule has 0 unspecified atom stereocenters. The lowest BCUT2D eigenvalue weighted by Crippen LogP contribution is -2.37. The molecule has 1 heterocycles. The first kappa shape index (κ1) is 24.2. The van der Waals surface area contributed by atoms with E-state index in [-0.39, 0.29) is 22.7 Å². The van der Waals surface area contributed by atoms with Gasteiger partial charge in [-0.1, -0.05) is 0 Å². The number of carbonyl (C=O) groups is 2. The number of nitrogens with zero attached hydrogens (tertiary/aromatic N) is 1. The number of rotatable bonds is 7. The Kier molecular flexibility index (Phi) is 7.64. The minimum atomic E-state index is -4.56. The van der Waals surface area contributed by atoms with Gasteiger partial charge in [0.1, 0.15) is 0 Å². The van der Waals surface area contributed by atoms with Gasteiger partial charge in [0.15, 0.2) is 18.1 Å². The van der Waals surface area contributed by atoms with Gasteiger partial charge < -0.3 is 29.2 Å². The normalized spacial score (nSPS) is 13.9. The number of ether oxygens (including phenoxy) is 4. The molecule has 1 N–H and O–H groups in total. The highest BCUT2D eigenvalue weighted by Crippen LogP contribution is 2.36. The molecule has 1 aliphatic rings. The summed E-state index contributed by atoms with van der Waals surface area (Å²) in [7, 11) is 2.60. The van der Waals surface area contributed by atoms with Gasteiger partial charge in [0.25, 0.3) is 5.91 Å². The van der Waals surface area contributed by atoms with Crippen molar-refractivity contribution in [1.82, 2.24) is 0 Å². The first-order valence-corrected chi connectivity index (χ1v) is 9.96. The highest BCUT2D eigenvalue weighted by Gasteiger charge is 2.32. The standard InChI is InChI=1S/C22H23F3N2O6/c1-30-19-11-14(21(29)31-2)3-6-18(19)33-13-20(28)26-16-12-15(22(23,24)25)4-5-17(16)27-7-9-32-10-8-27/h3-6,11-12H,7-10,13H2,1-2H3,(H,26,28). The summed E-state index contributed by atoms with van der Waals surface area (Å²) >= 11 is 0. The quantitative estimate of drug-likeness (QED) is 0.624. The van der Waals surface area contributed by atoms with Crippen molar-refractivity contribution in [3.63, 3.8) is 0 Å². The average molecular weight is 468 g/mol. The molecule has 0 radical (unpaired) electrons. The van der Waals surface area contributed by atoms with Crippen molar-refractivity contribution in [2.24, 2.45) is 0 Å². The van der Waals surface area contributed by atoms with Gasteiger partial charge in [0.2, 0.25) is 0 Å². The van der Waals surface area contributed by atoms with Gasteiger partial charge in [0, 0.05) is 13.1 Å². The summed E-state index contributed by atoms with van der Waals surface area (Å²) in [5.41, 5.74) is -0.172. The molecule has 1 saturated heterocycles. The smallest absolute Gasteiger partial charge is 0.416 e. The molecule has 2 aromatic rings. The van der Waals surface area contributed by atoms with E-state index in [2.05, 4.69) is 10.1 Å². The maximum Gasteiger partial charge on any atom is 0.416 e. The van der Waals surface area contributed by atoms with Gasteiger partial charge in [0.05, 0.1) is 49.9 Å². The van der Waals surface area contributed by atoms with Gasteiger partial charge in [-0.3, -0.25) is 4.79 Å². The van der Waals surface area contributed by atoms with Crippen LogP contribution in [0.5, 0.6) is 11.5 Å². The molecule has 8 nitrogen and oxygen atoms in total. The van der Waals surface area contributed by atoms with Crippen LogP contribution in [0, 0.1) is 0 Å². The summed E-state index contributed by atoms with van der Waals surface area (Å²) in [5.74, 6) is -0.864. The number of nitrogens with one attached hydrogen (secondary N) is 1. The number of morpholine rings is 1. The first-order chi connectivity index (χ1) is 15.7. The van der Waals surface area contributed by atoms with E-state index in [9.17, 15) is 22.8 Å². The van der Waals surface area contributed by atoms with E-state index in [0.717, 1.165) is 12.1 Å². The van der Waals surface area contributed by atoms with Gasteiger partial charge in [-0.25, -0.2) is 4.79 Å². The molecule has 0 saturated carbocycles. The molecular weight excluding hydrogens is 445 g/mol. The molecule has 0 atom stereocenters. The van der Waals surface area contributed by atoms with E-state index in [4.69, 9.17) is 14.2 Å². The predicted molar refractivity (Wildman–Crippen MR) is 113 cm³/mol. The van der Waals surface area contributed by atoms with Crippen LogP contribution in [0.2, 0.25) is 0 Å². The largest absolute Gasteiger partial charge is 0.493 e. The zero-order valence-corrected chi connectivity index (χ0v) is 18.0. The Morgan fingerprint density at radius 2 is 1.79 bits per heavy atom. The third-order valence-electron chi connectivity index (χ3n) is 4.89. The van der Waals surface area contributed by atoms with Crippen LogP contribution in [0.25, 0.3) is 0 Å². The van der Waals surface area contributed by atoms with Crippen LogP contribution in [-0.4, -0.2) is 59.0 Å². The van der Waals surface area contributed by atoms with Gasteiger partial charge in [-0.15, -0.1) is 0 Å². The van der Waals surface area contributed by atoms with Gasteiger partial charge in [-0.05, 0) is 36.4 Å². The Morgan fingerprint density at radius 1 is 1.06 bits per heavy atom. The van der Waals surface area contributed by atoms with Crippen LogP contribution in [0.1, 0.15) is 15.9 Å². The molecule has 11 heteroatoms. The number of amides is 1. The molecule has 1 aliphatic heterocycles. The lowest BCUT2D eigenvalue weighted by molar-refractivity contribution is -0.137. The fourth-order valence-electron chi connectivity index (χ4n) is 3.25. The molecule has 1 amide bonds. The molecule has 2 aromatic carbocycles. The van der Waals surface area contributed by atoms with Crippen molar-refractivity contribution in [3.05, 3.63) is 47.5 Å². The number of hydrogen-bond donors (Lipinski definition) is 1. The van der Waals surface area contributed by atoms with Crippen LogP contribution >= 0.6 is 0 Å². The monoisotopic (exact) mass is 468 g/mol. The Morgan fingerprint density at radius 3 is 2.42 bits per heavy atom. The fraction of sp³-hybridized carbons (Fsp3) is 0.364. The van der Waals surface area contributed by atoms with E-state index in [1.165, 1.54) is 38.5 Å². The van der Waals surface area contributed by atoms with E-state index in [0.29, 0.717) is 32.0 Å². The summed E-state index contributed by atoms with van der Waals surface area (Å²) in [6, 6.07) is 7.47.